The predicted octanol–water partition coefficient (Wildman–Crippen LogP) is 1.42. The first kappa shape index (κ1) is 9.77. The molecule has 84 valence electrons. The SMILES string of the molecule is Cc1ccc2c(=O)[nH]c(-n3cccn3)nc2c1. The predicted molar refractivity (Wildman–Crippen MR) is 64.2 cm³/mol. The third-order valence-electron chi connectivity index (χ3n) is 2.57. The molecular weight excluding hydrogens is 216 g/mol. The van der Waals surface area contributed by atoms with Gasteiger partial charge in [0.25, 0.3) is 5.56 Å². The highest BCUT2D eigenvalue weighted by Gasteiger charge is 2.05. The van der Waals surface area contributed by atoms with Crippen molar-refractivity contribution >= 4 is 10.9 Å². The molecule has 0 bridgehead atoms. The van der Waals surface area contributed by atoms with E-state index in [1.807, 2.05) is 19.1 Å². The molecule has 2 aromatic heterocycles. The summed E-state index contributed by atoms with van der Waals surface area (Å²) < 4.78 is 1.53. The largest absolute Gasteiger partial charge is 0.290 e. The van der Waals surface area contributed by atoms with E-state index in [9.17, 15) is 4.79 Å². The van der Waals surface area contributed by atoms with Gasteiger partial charge in [-0.3, -0.25) is 9.78 Å². The van der Waals surface area contributed by atoms with Crippen LogP contribution in [0.1, 0.15) is 5.56 Å². The maximum Gasteiger partial charge on any atom is 0.260 e. The summed E-state index contributed by atoms with van der Waals surface area (Å²) >= 11 is 0. The Hall–Kier alpha value is -2.43. The summed E-state index contributed by atoms with van der Waals surface area (Å²) in [5.74, 6) is 0.429. The molecule has 2 heterocycles. The Morgan fingerprint density at radius 3 is 3.00 bits per heavy atom. The van der Waals surface area contributed by atoms with E-state index in [0.717, 1.165) is 5.56 Å². The zero-order chi connectivity index (χ0) is 11.8. The summed E-state index contributed by atoms with van der Waals surface area (Å²) in [4.78, 5) is 19.0. The fourth-order valence-electron chi connectivity index (χ4n) is 1.74. The van der Waals surface area contributed by atoms with E-state index in [1.54, 1.807) is 24.5 Å². The highest BCUT2D eigenvalue weighted by Crippen LogP contribution is 2.10. The number of aryl methyl sites for hydroxylation is 1. The third-order valence-corrected chi connectivity index (χ3v) is 2.57. The molecule has 0 aliphatic rings. The van der Waals surface area contributed by atoms with Gasteiger partial charge in [0.05, 0.1) is 10.9 Å². The molecule has 0 atom stereocenters. The minimum Gasteiger partial charge on any atom is -0.290 e. The highest BCUT2D eigenvalue weighted by atomic mass is 16.1. The molecule has 0 amide bonds. The summed E-state index contributed by atoms with van der Waals surface area (Å²) in [6, 6.07) is 7.34. The van der Waals surface area contributed by atoms with Crippen LogP contribution in [0.4, 0.5) is 0 Å². The molecule has 5 heteroatoms. The van der Waals surface area contributed by atoms with Gasteiger partial charge in [0.15, 0.2) is 0 Å². The first-order chi connectivity index (χ1) is 8.24. The van der Waals surface area contributed by atoms with Crippen LogP contribution in [0.15, 0.2) is 41.5 Å². The molecule has 0 saturated carbocycles. The maximum absolute atomic E-state index is 11.9. The Kier molecular flexibility index (Phi) is 2.04. The molecule has 0 aliphatic carbocycles. The Morgan fingerprint density at radius 1 is 1.35 bits per heavy atom. The average molecular weight is 226 g/mol. The quantitative estimate of drug-likeness (QED) is 0.682. The molecule has 0 saturated heterocycles. The molecule has 0 fully saturated rings. The van der Waals surface area contributed by atoms with Crippen LogP contribution < -0.4 is 5.56 Å². The van der Waals surface area contributed by atoms with Gasteiger partial charge in [-0.1, -0.05) is 6.07 Å². The first-order valence-electron chi connectivity index (χ1n) is 5.25. The standard InChI is InChI=1S/C12H10N4O/c1-8-3-4-9-10(7-8)14-12(15-11(9)17)16-6-2-5-13-16/h2-7H,1H3,(H,14,15,17). The van der Waals surface area contributed by atoms with Crippen molar-refractivity contribution in [2.45, 2.75) is 6.92 Å². The molecule has 17 heavy (non-hydrogen) atoms. The number of H-pyrrole nitrogens is 1. The minimum absolute atomic E-state index is 0.152. The van der Waals surface area contributed by atoms with Gasteiger partial charge in [-0.25, -0.2) is 9.67 Å². The van der Waals surface area contributed by atoms with E-state index in [1.165, 1.54) is 4.68 Å². The summed E-state index contributed by atoms with van der Waals surface area (Å²) in [6.07, 6.45) is 3.38. The third kappa shape index (κ3) is 1.61. The molecule has 0 aliphatic heterocycles. The summed E-state index contributed by atoms with van der Waals surface area (Å²) in [5, 5.41) is 4.63. The lowest BCUT2D eigenvalue weighted by Gasteiger charge is -2.03. The van der Waals surface area contributed by atoms with Crippen LogP contribution in [0.5, 0.6) is 0 Å². The number of benzene rings is 1. The molecule has 0 spiro atoms. The Bertz CT molecular complexity index is 728. The number of nitrogens with zero attached hydrogens (tertiary/aromatic N) is 3. The minimum atomic E-state index is -0.152. The van der Waals surface area contributed by atoms with Crippen molar-refractivity contribution in [2.24, 2.45) is 0 Å². The van der Waals surface area contributed by atoms with Crippen molar-refractivity contribution in [3.05, 3.63) is 52.6 Å². The van der Waals surface area contributed by atoms with Crippen molar-refractivity contribution in [1.29, 1.82) is 0 Å². The molecular formula is C12H10N4O. The van der Waals surface area contributed by atoms with Crippen LogP contribution in [0.2, 0.25) is 0 Å². The second-order valence-electron chi connectivity index (χ2n) is 3.86. The van der Waals surface area contributed by atoms with Crippen molar-refractivity contribution in [1.82, 2.24) is 19.7 Å². The van der Waals surface area contributed by atoms with Gasteiger partial charge >= 0.3 is 0 Å². The average Bonchev–Trinajstić information content (AvgIpc) is 2.81. The van der Waals surface area contributed by atoms with Crippen LogP contribution in [0.3, 0.4) is 0 Å². The molecule has 1 N–H and O–H groups in total. The normalized spacial score (nSPS) is 10.9. The Morgan fingerprint density at radius 2 is 2.24 bits per heavy atom. The van der Waals surface area contributed by atoms with Crippen molar-refractivity contribution in [2.75, 3.05) is 0 Å². The Labute approximate surface area is 96.7 Å². The molecule has 3 rings (SSSR count). The van der Waals surface area contributed by atoms with Gasteiger partial charge in [0.2, 0.25) is 5.95 Å². The second kappa shape index (κ2) is 3.55. The first-order valence-corrected chi connectivity index (χ1v) is 5.25. The van der Waals surface area contributed by atoms with Crippen molar-refractivity contribution in [3.63, 3.8) is 0 Å². The number of hydrogen-bond acceptors (Lipinski definition) is 3. The summed E-state index contributed by atoms with van der Waals surface area (Å²) in [6.45, 7) is 1.97. The lowest BCUT2D eigenvalue weighted by Crippen LogP contribution is -2.13. The van der Waals surface area contributed by atoms with E-state index < -0.39 is 0 Å². The van der Waals surface area contributed by atoms with E-state index >= 15 is 0 Å². The van der Waals surface area contributed by atoms with E-state index in [-0.39, 0.29) is 5.56 Å². The van der Waals surface area contributed by atoms with Crippen LogP contribution in [-0.2, 0) is 0 Å². The molecule has 3 aromatic rings. The van der Waals surface area contributed by atoms with E-state index in [0.29, 0.717) is 16.9 Å². The monoisotopic (exact) mass is 226 g/mol. The Balaban J connectivity index is 2.33. The van der Waals surface area contributed by atoms with Gasteiger partial charge in [-0.05, 0) is 30.7 Å². The maximum atomic E-state index is 11.9. The molecule has 1 aromatic carbocycles. The lowest BCUT2D eigenvalue weighted by atomic mass is 10.2. The molecule has 5 nitrogen and oxygen atoms in total. The number of nitrogens with one attached hydrogen (secondary N) is 1. The number of rotatable bonds is 1. The number of aromatic nitrogens is 4. The van der Waals surface area contributed by atoms with E-state index in [2.05, 4.69) is 15.1 Å². The number of aromatic amines is 1. The molecule has 0 unspecified atom stereocenters. The topological polar surface area (TPSA) is 63.6 Å². The van der Waals surface area contributed by atoms with Crippen molar-refractivity contribution in [3.8, 4) is 5.95 Å². The fourth-order valence-corrected chi connectivity index (χ4v) is 1.74. The van der Waals surface area contributed by atoms with Gasteiger partial charge in [-0.15, -0.1) is 0 Å². The molecule has 0 radical (unpaired) electrons. The van der Waals surface area contributed by atoms with Gasteiger partial charge in [0, 0.05) is 12.4 Å². The van der Waals surface area contributed by atoms with Gasteiger partial charge in [0.1, 0.15) is 0 Å². The fraction of sp³-hybridized carbons (Fsp3) is 0.0833. The van der Waals surface area contributed by atoms with E-state index in [4.69, 9.17) is 0 Å². The second-order valence-corrected chi connectivity index (χ2v) is 3.86. The zero-order valence-corrected chi connectivity index (χ0v) is 9.21. The summed E-state index contributed by atoms with van der Waals surface area (Å²) in [7, 11) is 0. The highest BCUT2D eigenvalue weighted by molar-refractivity contribution is 5.78. The van der Waals surface area contributed by atoms with Crippen LogP contribution in [0.25, 0.3) is 16.9 Å². The zero-order valence-electron chi connectivity index (χ0n) is 9.21. The van der Waals surface area contributed by atoms with Gasteiger partial charge in [-0.2, -0.15) is 5.10 Å². The van der Waals surface area contributed by atoms with Gasteiger partial charge < -0.3 is 0 Å². The summed E-state index contributed by atoms with van der Waals surface area (Å²) in [5.41, 5.74) is 1.60. The van der Waals surface area contributed by atoms with Crippen LogP contribution >= 0.6 is 0 Å². The lowest BCUT2D eigenvalue weighted by molar-refractivity contribution is 0.810. The van der Waals surface area contributed by atoms with Crippen LogP contribution in [-0.4, -0.2) is 19.7 Å². The smallest absolute Gasteiger partial charge is 0.260 e. The van der Waals surface area contributed by atoms with Crippen LogP contribution in [0, 0.1) is 6.92 Å². The number of fused-ring (bicyclic) bond motifs is 1. The van der Waals surface area contributed by atoms with Crippen molar-refractivity contribution < 1.29 is 0 Å². The number of hydrogen-bond donors (Lipinski definition) is 1.